The number of amides is 1. The lowest BCUT2D eigenvalue weighted by molar-refractivity contribution is -0.120. The molecule has 1 amide bonds. The number of benzene rings is 1. The van der Waals surface area contributed by atoms with Crippen molar-refractivity contribution in [2.45, 2.75) is 13.8 Å². The Bertz CT molecular complexity index is 659. The fraction of sp³-hybridized carbons (Fsp3) is 0.375. The monoisotopic (exact) mass is 305 g/mol. The first-order valence-electron chi connectivity index (χ1n) is 7.02. The van der Waals surface area contributed by atoms with Gasteiger partial charge in [-0.3, -0.25) is 9.78 Å². The van der Waals surface area contributed by atoms with E-state index in [1.807, 2.05) is 31.2 Å². The zero-order valence-corrected chi connectivity index (χ0v) is 13.0. The van der Waals surface area contributed by atoms with Crippen LogP contribution in [0.15, 0.2) is 30.5 Å². The van der Waals surface area contributed by atoms with Crippen LogP contribution in [0, 0.1) is 18.8 Å². The van der Waals surface area contributed by atoms with Crippen molar-refractivity contribution >= 4 is 34.9 Å². The van der Waals surface area contributed by atoms with E-state index in [0.717, 1.165) is 35.2 Å². The summed E-state index contributed by atoms with van der Waals surface area (Å²) in [5.41, 5.74) is 2.92. The molecule has 2 heterocycles. The topological polar surface area (TPSA) is 54.0 Å². The third kappa shape index (κ3) is 3.01. The number of fused-ring (bicyclic) bond motifs is 1. The van der Waals surface area contributed by atoms with E-state index in [1.165, 1.54) is 0 Å². The summed E-state index contributed by atoms with van der Waals surface area (Å²) in [4.78, 5) is 16.8. The average molecular weight is 306 g/mol. The number of nitrogens with one attached hydrogen (secondary N) is 2. The van der Waals surface area contributed by atoms with E-state index in [2.05, 4.69) is 22.5 Å². The first-order valence-corrected chi connectivity index (χ1v) is 7.02. The smallest absolute Gasteiger partial charge is 0.229 e. The molecule has 1 saturated heterocycles. The molecule has 4 nitrogen and oxygen atoms in total. The van der Waals surface area contributed by atoms with Crippen LogP contribution in [-0.4, -0.2) is 24.0 Å². The van der Waals surface area contributed by atoms with Gasteiger partial charge in [-0.15, -0.1) is 12.4 Å². The summed E-state index contributed by atoms with van der Waals surface area (Å²) in [6, 6.07) is 7.87. The summed E-state index contributed by atoms with van der Waals surface area (Å²) in [5, 5.41) is 7.33. The largest absolute Gasteiger partial charge is 0.325 e. The van der Waals surface area contributed by atoms with Gasteiger partial charge in [0.05, 0.1) is 17.1 Å². The van der Waals surface area contributed by atoms with Crippen LogP contribution in [0.4, 0.5) is 5.69 Å². The summed E-state index contributed by atoms with van der Waals surface area (Å²) in [6.45, 7) is 5.81. The molecule has 2 atom stereocenters. The van der Waals surface area contributed by atoms with Crippen LogP contribution in [0.5, 0.6) is 0 Å². The highest BCUT2D eigenvalue weighted by atomic mass is 35.5. The van der Waals surface area contributed by atoms with Gasteiger partial charge < -0.3 is 10.6 Å². The van der Waals surface area contributed by atoms with Gasteiger partial charge in [-0.25, -0.2) is 0 Å². The molecule has 3 rings (SSSR count). The summed E-state index contributed by atoms with van der Waals surface area (Å²) in [6.07, 6.45) is 1.78. The van der Waals surface area contributed by atoms with Crippen LogP contribution < -0.4 is 10.6 Å². The van der Waals surface area contributed by atoms with Crippen molar-refractivity contribution in [3.8, 4) is 0 Å². The van der Waals surface area contributed by atoms with Gasteiger partial charge in [0.25, 0.3) is 0 Å². The van der Waals surface area contributed by atoms with Crippen molar-refractivity contribution < 1.29 is 4.79 Å². The van der Waals surface area contributed by atoms with Crippen LogP contribution >= 0.6 is 12.4 Å². The second-order valence-electron chi connectivity index (χ2n) is 5.56. The molecule has 0 bridgehead atoms. The molecule has 1 aliphatic rings. The van der Waals surface area contributed by atoms with Gasteiger partial charge in [0.2, 0.25) is 5.91 Å². The van der Waals surface area contributed by atoms with E-state index in [1.54, 1.807) is 6.20 Å². The lowest BCUT2D eigenvalue weighted by Crippen LogP contribution is -2.27. The minimum atomic E-state index is 0. The van der Waals surface area contributed by atoms with E-state index in [4.69, 9.17) is 0 Å². The highest BCUT2D eigenvalue weighted by molar-refractivity contribution is 6.02. The van der Waals surface area contributed by atoms with Gasteiger partial charge >= 0.3 is 0 Å². The van der Waals surface area contributed by atoms with Crippen molar-refractivity contribution in [2.75, 3.05) is 18.4 Å². The van der Waals surface area contributed by atoms with Crippen LogP contribution in [0.2, 0.25) is 0 Å². The highest BCUT2D eigenvalue weighted by Crippen LogP contribution is 2.26. The number of aromatic nitrogens is 1. The number of aryl methyl sites for hydroxylation is 1. The molecule has 0 radical (unpaired) electrons. The Balaban J connectivity index is 0.00000161. The van der Waals surface area contributed by atoms with Crippen molar-refractivity contribution in [3.05, 3.63) is 36.0 Å². The Morgan fingerprint density at radius 1 is 1.33 bits per heavy atom. The number of carbonyl (C=O) groups excluding carboxylic acids is 1. The number of anilines is 1. The molecule has 5 heteroatoms. The Hall–Kier alpha value is -1.65. The number of nitrogens with zero attached hydrogens (tertiary/aromatic N) is 1. The zero-order chi connectivity index (χ0) is 14.1. The number of pyridine rings is 1. The first-order chi connectivity index (χ1) is 9.66. The quantitative estimate of drug-likeness (QED) is 0.897. The standard InChI is InChI=1S/C16H19N3O.ClH/c1-10-5-6-14(12-4-3-7-18-15(10)12)19-16(20)13-9-17-8-11(13)2;/h3-7,11,13,17H,8-9H2,1-2H3,(H,19,20);1H/t11-,13-;/m1./s1. The summed E-state index contributed by atoms with van der Waals surface area (Å²) < 4.78 is 0. The van der Waals surface area contributed by atoms with Crippen LogP contribution in [0.25, 0.3) is 10.9 Å². The van der Waals surface area contributed by atoms with Gasteiger partial charge in [0.1, 0.15) is 0 Å². The normalized spacial score (nSPS) is 21.0. The predicted molar refractivity (Wildman–Crippen MR) is 87.9 cm³/mol. The molecule has 1 aromatic heterocycles. The Morgan fingerprint density at radius 3 is 2.86 bits per heavy atom. The molecule has 0 saturated carbocycles. The SMILES string of the molecule is Cc1ccc(NC(=O)[C@@H]2CNC[C@H]2C)c2cccnc12.Cl. The van der Waals surface area contributed by atoms with Gasteiger partial charge in [0.15, 0.2) is 0 Å². The van der Waals surface area contributed by atoms with Crippen molar-refractivity contribution in [1.82, 2.24) is 10.3 Å². The zero-order valence-electron chi connectivity index (χ0n) is 12.2. The maximum atomic E-state index is 12.4. The molecule has 112 valence electrons. The van der Waals surface area contributed by atoms with Crippen LogP contribution in [-0.2, 0) is 4.79 Å². The van der Waals surface area contributed by atoms with Crippen LogP contribution in [0.3, 0.4) is 0 Å². The third-order valence-corrected chi connectivity index (χ3v) is 4.08. The maximum Gasteiger partial charge on any atom is 0.229 e. The maximum absolute atomic E-state index is 12.4. The molecule has 0 unspecified atom stereocenters. The van der Waals surface area contributed by atoms with Gasteiger partial charge in [-0.2, -0.15) is 0 Å². The third-order valence-electron chi connectivity index (χ3n) is 4.08. The number of rotatable bonds is 2. The van der Waals surface area contributed by atoms with Crippen molar-refractivity contribution in [1.29, 1.82) is 0 Å². The molecule has 1 aliphatic heterocycles. The fourth-order valence-corrected chi connectivity index (χ4v) is 2.81. The number of hydrogen-bond acceptors (Lipinski definition) is 3. The van der Waals surface area contributed by atoms with E-state index < -0.39 is 0 Å². The lowest BCUT2D eigenvalue weighted by Gasteiger charge is -2.15. The minimum absolute atomic E-state index is 0. The second-order valence-corrected chi connectivity index (χ2v) is 5.56. The highest BCUT2D eigenvalue weighted by Gasteiger charge is 2.29. The van der Waals surface area contributed by atoms with E-state index in [-0.39, 0.29) is 24.2 Å². The second kappa shape index (κ2) is 6.41. The Kier molecular flexibility index (Phi) is 4.80. The van der Waals surface area contributed by atoms with Gasteiger partial charge in [0, 0.05) is 18.1 Å². The molecular weight excluding hydrogens is 286 g/mol. The summed E-state index contributed by atoms with van der Waals surface area (Å²) in [7, 11) is 0. The van der Waals surface area contributed by atoms with Gasteiger partial charge in [-0.1, -0.05) is 13.0 Å². The molecule has 21 heavy (non-hydrogen) atoms. The number of carbonyl (C=O) groups is 1. The lowest BCUT2D eigenvalue weighted by atomic mass is 9.97. The average Bonchev–Trinajstić information content (AvgIpc) is 2.88. The van der Waals surface area contributed by atoms with E-state index >= 15 is 0 Å². The first kappa shape index (κ1) is 15.7. The molecule has 1 fully saturated rings. The molecule has 0 aliphatic carbocycles. The van der Waals surface area contributed by atoms with Crippen molar-refractivity contribution in [2.24, 2.45) is 11.8 Å². The molecule has 1 aromatic carbocycles. The van der Waals surface area contributed by atoms with E-state index in [0.29, 0.717) is 5.92 Å². The molecule has 2 aromatic rings. The molecular formula is C16H20ClN3O. The van der Waals surface area contributed by atoms with Crippen LogP contribution in [0.1, 0.15) is 12.5 Å². The number of hydrogen-bond donors (Lipinski definition) is 2. The minimum Gasteiger partial charge on any atom is -0.325 e. The molecule has 2 N–H and O–H groups in total. The van der Waals surface area contributed by atoms with E-state index in [9.17, 15) is 4.79 Å². The Labute approximate surface area is 130 Å². The number of halogens is 1. The van der Waals surface area contributed by atoms with Gasteiger partial charge in [-0.05, 0) is 43.1 Å². The van der Waals surface area contributed by atoms with Crippen molar-refractivity contribution in [3.63, 3.8) is 0 Å². The fourth-order valence-electron chi connectivity index (χ4n) is 2.81. The Morgan fingerprint density at radius 2 is 2.14 bits per heavy atom. The molecule has 0 spiro atoms. The summed E-state index contributed by atoms with van der Waals surface area (Å²) >= 11 is 0. The predicted octanol–water partition coefficient (Wildman–Crippen LogP) is 2.76. The summed E-state index contributed by atoms with van der Waals surface area (Å²) in [5.74, 6) is 0.518.